The Morgan fingerprint density at radius 3 is 2.64 bits per heavy atom. The van der Waals surface area contributed by atoms with Crippen molar-refractivity contribution in [3.63, 3.8) is 0 Å². The molecule has 6 nitrogen and oxygen atoms in total. The van der Waals surface area contributed by atoms with Crippen LogP contribution in [0, 0.1) is 6.92 Å². The van der Waals surface area contributed by atoms with Crippen molar-refractivity contribution in [1.82, 2.24) is 5.32 Å². The molecule has 0 aliphatic heterocycles. The number of nitrogens with one attached hydrogen (secondary N) is 1. The molecule has 1 aromatic carbocycles. The molecule has 7 heteroatoms. The number of rotatable bonds is 6. The van der Waals surface area contributed by atoms with Crippen molar-refractivity contribution in [3.8, 4) is 0 Å². The zero-order valence-electron chi connectivity index (χ0n) is 12.4. The largest absolute Gasteiger partial charge is 0.459 e. The number of aryl methyl sites for hydroxylation is 1. The summed E-state index contributed by atoms with van der Waals surface area (Å²) in [4.78, 5) is 11.8. The number of hydrogen-bond acceptors (Lipinski definition) is 4. The number of sulfonamides is 1. The number of carbonyl (C=O) groups is 1. The Bertz CT molecular complexity index is 739. The molecule has 1 aromatic heterocycles. The summed E-state index contributed by atoms with van der Waals surface area (Å²) in [5.41, 5.74) is 1.54. The maximum Gasteiger partial charge on any atom is 0.287 e. The van der Waals surface area contributed by atoms with Crippen LogP contribution in [-0.2, 0) is 10.0 Å². The third-order valence-corrected chi connectivity index (χ3v) is 4.23. The normalized spacial score (nSPS) is 11.2. The molecule has 1 N–H and O–H groups in total. The lowest BCUT2D eigenvalue weighted by molar-refractivity contribution is 0.0927. The van der Waals surface area contributed by atoms with Crippen molar-refractivity contribution < 1.29 is 17.6 Å². The third-order valence-electron chi connectivity index (χ3n) is 3.04. The van der Waals surface area contributed by atoms with E-state index in [1.165, 1.54) is 10.6 Å². The van der Waals surface area contributed by atoms with Gasteiger partial charge in [0, 0.05) is 6.54 Å². The van der Waals surface area contributed by atoms with Gasteiger partial charge in [-0.25, -0.2) is 8.42 Å². The van der Waals surface area contributed by atoms with Gasteiger partial charge < -0.3 is 9.73 Å². The van der Waals surface area contributed by atoms with Gasteiger partial charge >= 0.3 is 0 Å². The molecule has 118 valence electrons. The minimum absolute atomic E-state index is 0.148. The van der Waals surface area contributed by atoms with E-state index in [-0.39, 0.29) is 24.8 Å². The van der Waals surface area contributed by atoms with E-state index >= 15 is 0 Å². The fourth-order valence-electron chi connectivity index (χ4n) is 2.04. The number of benzene rings is 1. The summed E-state index contributed by atoms with van der Waals surface area (Å²) in [5, 5.41) is 2.63. The molecule has 0 aliphatic rings. The Labute approximate surface area is 129 Å². The Hall–Kier alpha value is -2.28. The van der Waals surface area contributed by atoms with Crippen LogP contribution in [0.25, 0.3) is 0 Å². The molecule has 0 saturated carbocycles. The van der Waals surface area contributed by atoms with Crippen LogP contribution in [0.15, 0.2) is 47.1 Å². The Kier molecular flexibility index (Phi) is 4.87. The Balaban J connectivity index is 2.04. The van der Waals surface area contributed by atoms with Crippen LogP contribution in [-0.4, -0.2) is 33.7 Å². The second-order valence-corrected chi connectivity index (χ2v) is 6.81. The summed E-state index contributed by atoms with van der Waals surface area (Å²) in [7, 11) is -3.43. The van der Waals surface area contributed by atoms with Crippen LogP contribution in [0.5, 0.6) is 0 Å². The highest BCUT2D eigenvalue weighted by Crippen LogP contribution is 2.18. The summed E-state index contributed by atoms with van der Waals surface area (Å²) < 4.78 is 30.1. The molecule has 0 saturated heterocycles. The van der Waals surface area contributed by atoms with Crippen LogP contribution < -0.4 is 9.62 Å². The van der Waals surface area contributed by atoms with Crippen molar-refractivity contribution in [2.75, 3.05) is 23.7 Å². The van der Waals surface area contributed by atoms with E-state index in [0.717, 1.165) is 11.8 Å². The third kappa shape index (κ3) is 4.11. The van der Waals surface area contributed by atoms with Gasteiger partial charge in [0.1, 0.15) is 0 Å². The number of nitrogens with zero attached hydrogens (tertiary/aromatic N) is 1. The second kappa shape index (κ2) is 6.65. The molecule has 0 spiro atoms. The van der Waals surface area contributed by atoms with E-state index in [1.54, 1.807) is 30.3 Å². The van der Waals surface area contributed by atoms with Gasteiger partial charge in [0.2, 0.25) is 10.0 Å². The molecule has 0 radical (unpaired) electrons. The number of anilines is 1. The standard InChI is InChI=1S/C15H18N2O4S/c1-12-5-3-6-13(11-12)17(22(2,19)20)9-8-16-15(18)14-7-4-10-21-14/h3-7,10-11H,8-9H2,1-2H3,(H,16,18). The molecule has 0 bridgehead atoms. The van der Waals surface area contributed by atoms with Crippen LogP contribution in [0.2, 0.25) is 0 Å². The molecule has 1 amide bonds. The maximum absolute atomic E-state index is 11.9. The monoisotopic (exact) mass is 322 g/mol. The van der Waals surface area contributed by atoms with E-state index in [1.807, 2.05) is 13.0 Å². The molecular weight excluding hydrogens is 304 g/mol. The van der Waals surface area contributed by atoms with E-state index < -0.39 is 10.0 Å². The molecule has 22 heavy (non-hydrogen) atoms. The van der Waals surface area contributed by atoms with Gasteiger partial charge in [0.25, 0.3) is 5.91 Å². The fourth-order valence-corrected chi connectivity index (χ4v) is 2.95. The smallest absolute Gasteiger partial charge is 0.287 e. The first-order valence-electron chi connectivity index (χ1n) is 6.74. The fraction of sp³-hybridized carbons (Fsp3) is 0.267. The minimum Gasteiger partial charge on any atom is -0.459 e. The summed E-state index contributed by atoms with van der Waals surface area (Å²) in [5.74, 6) is -0.177. The lowest BCUT2D eigenvalue weighted by Crippen LogP contribution is -2.38. The Morgan fingerprint density at radius 2 is 2.05 bits per heavy atom. The van der Waals surface area contributed by atoms with Gasteiger partial charge in [-0.2, -0.15) is 0 Å². The first kappa shape index (κ1) is 16.1. The van der Waals surface area contributed by atoms with Gasteiger partial charge in [-0.05, 0) is 36.8 Å². The summed E-state index contributed by atoms with van der Waals surface area (Å²) >= 11 is 0. The van der Waals surface area contributed by atoms with Crippen LogP contribution in [0.4, 0.5) is 5.69 Å². The van der Waals surface area contributed by atoms with Crippen molar-refractivity contribution >= 4 is 21.6 Å². The zero-order chi connectivity index (χ0) is 16.2. The average Bonchev–Trinajstić information content (AvgIpc) is 2.96. The van der Waals surface area contributed by atoms with Gasteiger partial charge in [-0.3, -0.25) is 9.10 Å². The Morgan fingerprint density at radius 1 is 1.27 bits per heavy atom. The first-order chi connectivity index (χ1) is 10.4. The van der Waals surface area contributed by atoms with Crippen LogP contribution >= 0.6 is 0 Å². The van der Waals surface area contributed by atoms with Crippen molar-refractivity contribution in [3.05, 3.63) is 54.0 Å². The number of hydrogen-bond donors (Lipinski definition) is 1. The topological polar surface area (TPSA) is 79.6 Å². The second-order valence-electron chi connectivity index (χ2n) is 4.91. The molecule has 2 aromatic rings. The predicted molar refractivity (Wildman–Crippen MR) is 84.4 cm³/mol. The molecule has 1 heterocycles. The molecule has 0 fully saturated rings. The minimum atomic E-state index is -3.43. The summed E-state index contributed by atoms with van der Waals surface area (Å²) in [6.45, 7) is 2.22. The lowest BCUT2D eigenvalue weighted by atomic mass is 10.2. The number of amides is 1. The molecule has 2 rings (SSSR count). The molecule has 0 unspecified atom stereocenters. The average molecular weight is 322 g/mol. The van der Waals surface area contributed by atoms with Crippen molar-refractivity contribution in [1.29, 1.82) is 0 Å². The molecule has 0 aliphatic carbocycles. The first-order valence-corrected chi connectivity index (χ1v) is 8.59. The van der Waals surface area contributed by atoms with Crippen LogP contribution in [0.1, 0.15) is 16.1 Å². The molecular formula is C15H18N2O4S. The highest BCUT2D eigenvalue weighted by molar-refractivity contribution is 7.92. The number of furan rings is 1. The zero-order valence-corrected chi connectivity index (χ0v) is 13.3. The van der Waals surface area contributed by atoms with Crippen LogP contribution in [0.3, 0.4) is 0 Å². The maximum atomic E-state index is 11.9. The van der Waals surface area contributed by atoms with E-state index in [9.17, 15) is 13.2 Å². The summed E-state index contributed by atoms with van der Waals surface area (Å²) in [6.07, 6.45) is 2.55. The van der Waals surface area contributed by atoms with Crippen molar-refractivity contribution in [2.24, 2.45) is 0 Å². The van der Waals surface area contributed by atoms with Gasteiger partial charge in [0.05, 0.1) is 24.8 Å². The van der Waals surface area contributed by atoms with Gasteiger partial charge in [-0.15, -0.1) is 0 Å². The van der Waals surface area contributed by atoms with E-state index in [4.69, 9.17) is 4.42 Å². The molecule has 0 atom stereocenters. The van der Waals surface area contributed by atoms with E-state index in [2.05, 4.69) is 5.32 Å². The predicted octanol–water partition coefficient (Wildman–Crippen LogP) is 1.78. The summed E-state index contributed by atoms with van der Waals surface area (Å²) in [6, 6.07) is 10.4. The number of carbonyl (C=O) groups excluding carboxylic acids is 1. The van der Waals surface area contributed by atoms with Gasteiger partial charge in [0.15, 0.2) is 5.76 Å². The quantitative estimate of drug-likeness (QED) is 0.879. The highest BCUT2D eigenvalue weighted by Gasteiger charge is 2.18. The lowest BCUT2D eigenvalue weighted by Gasteiger charge is -2.22. The SMILES string of the molecule is Cc1cccc(N(CCNC(=O)c2ccco2)S(C)(=O)=O)c1. The van der Waals surface area contributed by atoms with Crippen molar-refractivity contribution in [2.45, 2.75) is 6.92 Å². The van der Waals surface area contributed by atoms with E-state index in [0.29, 0.717) is 5.69 Å². The van der Waals surface area contributed by atoms with Gasteiger partial charge in [-0.1, -0.05) is 12.1 Å². The highest BCUT2D eigenvalue weighted by atomic mass is 32.2.